The first-order valence-corrected chi connectivity index (χ1v) is 7.84. The SMILES string of the molecule is COc1cc(CC(=O)O)c(F)cc1NC(=O)c1cn(C)c2ccccc12. The van der Waals surface area contributed by atoms with Crippen molar-refractivity contribution in [1.82, 2.24) is 4.57 Å². The molecule has 0 radical (unpaired) electrons. The number of halogens is 1. The lowest BCUT2D eigenvalue weighted by Gasteiger charge is -2.12. The third-order valence-electron chi connectivity index (χ3n) is 4.10. The number of carbonyl (C=O) groups is 2. The van der Waals surface area contributed by atoms with Crippen molar-refractivity contribution in [2.24, 2.45) is 7.05 Å². The number of nitrogens with one attached hydrogen (secondary N) is 1. The number of carbonyl (C=O) groups excluding carboxylic acids is 1. The third kappa shape index (κ3) is 3.23. The van der Waals surface area contributed by atoms with Crippen molar-refractivity contribution in [2.45, 2.75) is 6.42 Å². The molecule has 0 bridgehead atoms. The number of ether oxygens (including phenoxy) is 1. The first-order chi connectivity index (χ1) is 12.4. The van der Waals surface area contributed by atoms with E-state index in [1.54, 1.807) is 6.20 Å². The number of anilines is 1. The Morgan fingerprint density at radius 2 is 2.00 bits per heavy atom. The van der Waals surface area contributed by atoms with Crippen LogP contribution in [0.4, 0.5) is 10.1 Å². The molecule has 0 aliphatic heterocycles. The summed E-state index contributed by atoms with van der Waals surface area (Å²) in [6.45, 7) is 0. The van der Waals surface area contributed by atoms with Gasteiger partial charge < -0.3 is 19.7 Å². The highest BCUT2D eigenvalue weighted by Gasteiger charge is 2.18. The van der Waals surface area contributed by atoms with E-state index in [1.807, 2.05) is 35.9 Å². The molecule has 1 heterocycles. The molecule has 2 aromatic carbocycles. The van der Waals surface area contributed by atoms with Crippen LogP contribution >= 0.6 is 0 Å². The quantitative estimate of drug-likeness (QED) is 0.736. The van der Waals surface area contributed by atoms with Crippen LogP contribution in [0.2, 0.25) is 0 Å². The van der Waals surface area contributed by atoms with Crippen LogP contribution < -0.4 is 10.1 Å². The number of rotatable bonds is 5. The van der Waals surface area contributed by atoms with Crippen molar-refractivity contribution in [1.29, 1.82) is 0 Å². The van der Waals surface area contributed by atoms with Crippen LogP contribution in [-0.4, -0.2) is 28.7 Å². The van der Waals surface area contributed by atoms with Crippen molar-refractivity contribution >= 4 is 28.5 Å². The van der Waals surface area contributed by atoms with Crippen LogP contribution in [0.15, 0.2) is 42.6 Å². The van der Waals surface area contributed by atoms with Crippen molar-refractivity contribution < 1.29 is 23.8 Å². The van der Waals surface area contributed by atoms with Crippen LogP contribution in [0.1, 0.15) is 15.9 Å². The van der Waals surface area contributed by atoms with E-state index in [4.69, 9.17) is 9.84 Å². The van der Waals surface area contributed by atoms with Crippen molar-refractivity contribution in [2.75, 3.05) is 12.4 Å². The Balaban J connectivity index is 1.96. The number of hydrogen-bond donors (Lipinski definition) is 2. The molecular formula is C19H17FN2O4. The third-order valence-corrected chi connectivity index (χ3v) is 4.10. The Morgan fingerprint density at radius 3 is 2.69 bits per heavy atom. The average Bonchev–Trinajstić information content (AvgIpc) is 2.94. The maximum atomic E-state index is 14.2. The minimum absolute atomic E-state index is 0.0162. The molecule has 1 aromatic heterocycles. The van der Waals surface area contributed by atoms with E-state index in [9.17, 15) is 14.0 Å². The van der Waals surface area contributed by atoms with Crippen LogP contribution in [0.5, 0.6) is 5.75 Å². The molecule has 26 heavy (non-hydrogen) atoms. The van der Waals surface area contributed by atoms with Gasteiger partial charge in [0, 0.05) is 35.8 Å². The van der Waals surface area contributed by atoms with Gasteiger partial charge in [-0.15, -0.1) is 0 Å². The molecule has 0 fully saturated rings. The highest BCUT2D eigenvalue weighted by atomic mass is 19.1. The highest BCUT2D eigenvalue weighted by molar-refractivity contribution is 6.13. The van der Waals surface area contributed by atoms with Gasteiger partial charge in [-0.25, -0.2) is 4.39 Å². The number of methoxy groups -OCH3 is 1. The number of nitrogens with zero attached hydrogens (tertiary/aromatic N) is 1. The smallest absolute Gasteiger partial charge is 0.307 e. The molecule has 3 rings (SSSR count). The van der Waals surface area contributed by atoms with E-state index in [-0.39, 0.29) is 17.0 Å². The number of hydrogen-bond acceptors (Lipinski definition) is 3. The Kier molecular flexibility index (Phi) is 4.62. The lowest BCUT2D eigenvalue weighted by Crippen LogP contribution is -2.13. The molecule has 0 spiro atoms. The number of fused-ring (bicyclic) bond motifs is 1. The molecule has 2 N–H and O–H groups in total. The number of aromatic nitrogens is 1. The zero-order valence-corrected chi connectivity index (χ0v) is 14.2. The van der Waals surface area contributed by atoms with E-state index in [0.29, 0.717) is 5.56 Å². The molecule has 0 atom stereocenters. The summed E-state index contributed by atoms with van der Waals surface area (Å²) in [6.07, 6.45) is 1.22. The van der Waals surface area contributed by atoms with Gasteiger partial charge in [0.05, 0.1) is 24.8 Å². The van der Waals surface area contributed by atoms with Crippen LogP contribution in [0, 0.1) is 5.82 Å². The summed E-state index contributed by atoms with van der Waals surface area (Å²) < 4.78 is 21.2. The molecule has 0 unspecified atom stereocenters. The first kappa shape index (κ1) is 17.5. The summed E-state index contributed by atoms with van der Waals surface area (Å²) in [7, 11) is 3.20. The number of aliphatic carboxylic acids is 1. The second-order valence-electron chi connectivity index (χ2n) is 5.84. The standard InChI is InChI=1S/C19H17FN2O4/c1-22-10-13(12-5-3-4-6-16(12)22)19(25)21-15-9-14(20)11(8-18(23)24)7-17(15)26-2/h3-7,9-10H,8H2,1-2H3,(H,21,25)(H,23,24). The summed E-state index contributed by atoms with van der Waals surface area (Å²) in [5, 5.41) is 12.3. The lowest BCUT2D eigenvalue weighted by molar-refractivity contribution is -0.136. The van der Waals surface area contributed by atoms with E-state index in [2.05, 4.69) is 5.32 Å². The monoisotopic (exact) mass is 356 g/mol. The fraction of sp³-hybridized carbons (Fsp3) is 0.158. The topological polar surface area (TPSA) is 80.6 Å². The zero-order chi connectivity index (χ0) is 18.8. The molecule has 0 saturated carbocycles. The van der Waals surface area contributed by atoms with Crippen LogP contribution in [0.25, 0.3) is 10.9 Å². The molecular weight excluding hydrogens is 339 g/mol. The predicted octanol–water partition coefficient (Wildman–Crippen LogP) is 3.21. The molecule has 6 nitrogen and oxygen atoms in total. The van der Waals surface area contributed by atoms with Crippen molar-refractivity contribution in [3.8, 4) is 5.75 Å². The highest BCUT2D eigenvalue weighted by Crippen LogP contribution is 2.30. The van der Waals surface area contributed by atoms with Crippen LogP contribution in [-0.2, 0) is 18.3 Å². The van der Waals surface area contributed by atoms with Crippen LogP contribution in [0.3, 0.4) is 0 Å². The van der Waals surface area contributed by atoms with E-state index < -0.39 is 24.1 Å². The number of amides is 1. The van der Waals surface area contributed by atoms with Gasteiger partial charge in [0.25, 0.3) is 5.91 Å². The zero-order valence-electron chi connectivity index (χ0n) is 14.2. The van der Waals surface area contributed by atoms with Gasteiger partial charge in [0.15, 0.2) is 0 Å². The Morgan fingerprint density at radius 1 is 1.27 bits per heavy atom. The van der Waals surface area contributed by atoms with E-state index >= 15 is 0 Å². The number of para-hydroxylation sites is 1. The summed E-state index contributed by atoms with van der Waals surface area (Å²) in [6, 6.07) is 9.79. The Hall–Kier alpha value is -3.35. The maximum Gasteiger partial charge on any atom is 0.307 e. The van der Waals surface area contributed by atoms with Gasteiger partial charge in [-0.05, 0) is 12.1 Å². The van der Waals surface area contributed by atoms with Gasteiger partial charge in [-0.3, -0.25) is 9.59 Å². The summed E-state index contributed by atoms with van der Waals surface area (Å²) in [5.41, 5.74) is 1.46. The number of carboxylic acid groups (broad SMARTS) is 1. The molecule has 134 valence electrons. The van der Waals surface area contributed by atoms with Gasteiger partial charge >= 0.3 is 5.97 Å². The van der Waals surface area contributed by atoms with Gasteiger partial charge in [-0.1, -0.05) is 18.2 Å². The normalized spacial score (nSPS) is 10.7. The van der Waals surface area contributed by atoms with Gasteiger partial charge in [0.1, 0.15) is 11.6 Å². The maximum absolute atomic E-state index is 14.2. The lowest BCUT2D eigenvalue weighted by atomic mass is 10.1. The van der Waals surface area contributed by atoms with Crippen molar-refractivity contribution in [3.63, 3.8) is 0 Å². The predicted molar refractivity (Wildman–Crippen MR) is 95.2 cm³/mol. The van der Waals surface area contributed by atoms with Gasteiger partial charge in [-0.2, -0.15) is 0 Å². The fourth-order valence-electron chi connectivity index (χ4n) is 2.87. The molecule has 0 aliphatic rings. The second kappa shape index (κ2) is 6.87. The number of carboxylic acids is 1. The largest absolute Gasteiger partial charge is 0.495 e. The molecule has 1 amide bonds. The molecule has 3 aromatic rings. The number of benzene rings is 2. The molecule has 0 saturated heterocycles. The minimum atomic E-state index is -1.15. The Bertz CT molecular complexity index is 1010. The summed E-state index contributed by atoms with van der Waals surface area (Å²) in [5.74, 6) is -2.10. The second-order valence-corrected chi connectivity index (χ2v) is 5.84. The van der Waals surface area contributed by atoms with E-state index in [0.717, 1.165) is 17.0 Å². The minimum Gasteiger partial charge on any atom is -0.495 e. The number of aryl methyl sites for hydroxylation is 1. The van der Waals surface area contributed by atoms with E-state index in [1.165, 1.54) is 13.2 Å². The fourth-order valence-corrected chi connectivity index (χ4v) is 2.87. The van der Waals surface area contributed by atoms with Gasteiger partial charge in [0.2, 0.25) is 0 Å². The average molecular weight is 356 g/mol. The molecule has 7 heteroatoms. The molecule has 0 aliphatic carbocycles. The summed E-state index contributed by atoms with van der Waals surface area (Å²) in [4.78, 5) is 23.5. The van der Waals surface area contributed by atoms with Crippen molar-refractivity contribution in [3.05, 3.63) is 59.5 Å². The summed E-state index contributed by atoms with van der Waals surface area (Å²) >= 11 is 0. The first-order valence-electron chi connectivity index (χ1n) is 7.84. The Labute approximate surface area is 148 Å².